The van der Waals surface area contributed by atoms with Crippen molar-refractivity contribution < 1.29 is 4.74 Å². The molecule has 0 aliphatic carbocycles. The van der Waals surface area contributed by atoms with Gasteiger partial charge in [0.15, 0.2) is 0 Å². The number of aromatic nitrogens is 4. The molecule has 8 aromatic carbocycles. The minimum atomic E-state index is -0.166. The minimum absolute atomic E-state index is 0.0190. The van der Waals surface area contributed by atoms with Crippen molar-refractivity contribution in [3.05, 3.63) is 193 Å². The van der Waals surface area contributed by atoms with Crippen molar-refractivity contribution in [1.29, 1.82) is 0 Å². The van der Waals surface area contributed by atoms with E-state index in [1.807, 2.05) is 0 Å². The van der Waals surface area contributed by atoms with Crippen molar-refractivity contribution in [3.8, 4) is 28.4 Å². The highest BCUT2D eigenvalue weighted by molar-refractivity contribution is 6.25. The second kappa shape index (κ2) is 16.6. The third-order valence-electron chi connectivity index (χ3n) is 16.0. The number of pyridine rings is 1. The van der Waals surface area contributed by atoms with Gasteiger partial charge < -0.3 is 23.7 Å². The summed E-state index contributed by atoms with van der Waals surface area (Å²) in [6, 6.07) is 62.2. The van der Waals surface area contributed by atoms with E-state index >= 15 is 0 Å². The summed E-state index contributed by atoms with van der Waals surface area (Å²) >= 11 is 0. The van der Waals surface area contributed by atoms with E-state index in [0.29, 0.717) is 6.67 Å². The molecule has 0 radical (unpaired) electrons. The van der Waals surface area contributed by atoms with E-state index in [1.54, 1.807) is 0 Å². The maximum absolute atomic E-state index is 7.18. The van der Waals surface area contributed by atoms with Gasteiger partial charge in [-0.25, -0.2) is 4.98 Å². The van der Waals surface area contributed by atoms with Crippen LogP contribution in [0.25, 0.3) is 82.4 Å². The van der Waals surface area contributed by atoms with Crippen molar-refractivity contribution in [1.82, 2.24) is 18.7 Å². The van der Waals surface area contributed by atoms with Crippen molar-refractivity contribution in [2.75, 3.05) is 16.5 Å². The topological polar surface area (TPSA) is 43.4 Å². The Labute approximate surface area is 439 Å². The quantitative estimate of drug-likeness (QED) is 0.167. The monoisotopic (exact) mass is 981 g/mol. The second-order valence-electron chi connectivity index (χ2n) is 23.9. The van der Waals surface area contributed by atoms with Gasteiger partial charge >= 0.3 is 0 Å². The van der Waals surface area contributed by atoms with Crippen LogP contribution in [-0.4, -0.2) is 25.4 Å². The minimum Gasteiger partial charge on any atom is -0.457 e. The number of fused-ring (bicyclic) bond motifs is 10. The molecule has 12 aromatic rings. The van der Waals surface area contributed by atoms with Crippen molar-refractivity contribution in [2.24, 2.45) is 14.1 Å². The summed E-state index contributed by atoms with van der Waals surface area (Å²) in [4.78, 5) is 10.3. The van der Waals surface area contributed by atoms with E-state index in [2.05, 4.69) is 276 Å². The van der Waals surface area contributed by atoms with Crippen LogP contribution in [0, 0.1) is 0 Å². The van der Waals surface area contributed by atoms with Crippen LogP contribution >= 0.6 is 0 Å². The number of anilines is 4. The van der Waals surface area contributed by atoms with Gasteiger partial charge in [-0.15, -0.1) is 0 Å². The molecule has 0 saturated carbocycles. The van der Waals surface area contributed by atoms with Crippen molar-refractivity contribution >= 4 is 88.2 Å². The molecular weight excluding hydrogens is 917 g/mol. The average molecular weight is 981 g/mol. The largest absolute Gasteiger partial charge is 0.457 e. The molecule has 7 nitrogen and oxygen atoms in total. The molecular formula is C68H64N6O. The first-order valence-electron chi connectivity index (χ1n) is 26.4. The maximum atomic E-state index is 7.18. The molecule has 13 rings (SSSR count). The Bertz CT molecular complexity index is 4190. The van der Waals surface area contributed by atoms with Crippen LogP contribution in [0.3, 0.4) is 0 Å². The summed E-state index contributed by atoms with van der Waals surface area (Å²) in [5.41, 5.74) is 17.4. The number of ether oxygens (including phenoxy) is 1. The Morgan fingerprint density at radius 1 is 0.440 bits per heavy atom. The van der Waals surface area contributed by atoms with Crippen molar-refractivity contribution in [2.45, 2.75) is 78.6 Å². The molecule has 4 aromatic heterocycles. The molecule has 0 unspecified atom stereocenters. The van der Waals surface area contributed by atoms with Gasteiger partial charge in [-0.05, 0) is 111 Å². The Morgan fingerprint density at radius 2 is 1.04 bits per heavy atom. The van der Waals surface area contributed by atoms with Gasteiger partial charge in [0.2, 0.25) is 0 Å². The zero-order chi connectivity index (χ0) is 51.9. The lowest BCUT2D eigenvalue weighted by molar-refractivity contribution is 0.479. The molecule has 0 atom stereocenters. The van der Waals surface area contributed by atoms with Gasteiger partial charge in [-0.2, -0.15) is 0 Å². The van der Waals surface area contributed by atoms with Crippen molar-refractivity contribution in [3.63, 3.8) is 0 Å². The first-order chi connectivity index (χ1) is 35.9. The summed E-state index contributed by atoms with van der Waals surface area (Å²) < 4.78 is 14.3. The molecule has 372 valence electrons. The number of para-hydroxylation sites is 4. The zero-order valence-electron chi connectivity index (χ0n) is 45.0. The molecule has 0 saturated heterocycles. The Balaban J connectivity index is 0.961. The summed E-state index contributed by atoms with van der Waals surface area (Å²) in [6.07, 6.45) is 2.07. The summed E-state index contributed by atoms with van der Waals surface area (Å²) in [7, 11) is 4.44. The Hall–Kier alpha value is -8.29. The van der Waals surface area contributed by atoms with Crippen LogP contribution in [0.2, 0.25) is 0 Å². The van der Waals surface area contributed by atoms with Crippen LogP contribution in [0.1, 0.15) is 79.0 Å². The maximum Gasteiger partial charge on any atom is 0.137 e. The fraction of sp³-hybridized carbons (Fsp3) is 0.221. The number of aryl methyl sites for hydroxylation is 2. The lowest BCUT2D eigenvalue weighted by Gasteiger charge is -2.27. The molecule has 0 bridgehead atoms. The summed E-state index contributed by atoms with van der Waals surface area (Å²) in [5.74, 6) is 2.44. The number of benzene rings is 8. The fourth-order valence-electron chi connectivity index (χ4n) is 12.0. The van der Waals surface area contributed by atoms with Crippen LogP contribution in [-0.2, 0) is 30.3 Å². The number of hydrogen-bond donors (Lipinski definition) is 0. The van der Waals surface area contributed by atoms with E-state index in [9.17, 15) is 0 Å². The van der Waals surface area contributed by atoms with E-state index < -0.39 is 0 Å². The average Bonchev–Trinajstić information content (AvgIpc) is 4.15. The normalized spacial score (nSPS) is 13.4. The van der Waals surface area contributed by atoms with Crippen LogP contribution < -0.4 is 14.5 Å². The molecule has 7 heteroatoms. The van der Waals surface area contributed by atoms with Gasteiger partial charge in [0, 0.05) is 87.0 Å². The van der Waals surface area contributed by atoms with Gasteiger partial charge in [0.25, 0.3) is 0 Å². The first kappa shape index (κ1) is 46.5. The highest BCUT2D eigenvalue weighted by Crippen LogP contribution is 2.52. The Kier molecular flexibility index (Phi) is 10.3. The van der Waals surface area contributed by atoms with E-state index in [0.717, 1.165) is 50.7 Å². The number of rotatable bonds is 6. The third-order valence-corrected chi connectivity index (χ3v) is 16.0. The summed E-state index contributed by atoms with van der Waals surface area (Å²) in [6.45, 7) is 21.2. The molecule has 0 fully saturated rings. The molecule has 1 aliphatic rings. The lowest BCUT2D eigenvalue weighted by Crippen LogP contribution is -2.25. The molecule has 5 heterocycles. The van der Waals surface area contributed by atoms with Crippen LogP contribution in [0.15, 0.2) is 176 Å². The molecule has 75 heavy (non-hydrogen) atoms. The van der Waals surface area contributed by atoms with E-state index in [-0.39, 0.29) is 16.2 Å². The fourth-order valence-corrected chi connectivity index (χ4v) is 12.0. The van der Waals surface area contributed by atoms with Gasteiger partial charge in [-0.1, -0.05) is 147 Å². The van der Waals surface area contributed by atoms with Gasteiger partial charge in [-0.3, -0.25) is 4.57 Å². The number of hydrogen-bond acceptors (Lipinski definition) is 4. The van der Waals surface area contributed by atoms with Gasteiger partial charge in [0.05, 0.1) is 39.1 Å². The highest BCUT2D eigenvalue weighted by Gasteiger charge is 2.34. The summed E-state index contributed by atoms with van der Waals surface area (Å²) in [5, 5.41) is 7.39. The molecule has 1 aliphatic heterocycles. The predicted octanol–water partition coefficient (Wildman–Crippen LogP) is 18.1. The first-order valence-corrected chi connectivity index (χ1v) is 26.4. The standard InChI is InChI=1S/C68H64N6O/c1-66(2,3)43-29-32-58-51(35-43)50-31-30-46(37-61(50)74(58)62-39-55(68(7,8)9)54(40-69-62)42-21-13-12-14-22-42)75-47-34-44(67(4,5)6)33-45(36-47)72-41-73(60-28-20-19-27-59(60)72)65-63-52(48-23-15-17-25-56(48)70(63)10)38-53-49-24-16-18-26-57(49)71(11)64(53)65/h12-40H,41H2,1-11H3. The molecule has 0 N–H and O–H groups in total. The SMILES string of the molecule is Cn1c2ccccc2c2cc3c4ccccc4n(C)c3c(N3CN(c4cc(Oc5ccc6c7cc(C(C)(C)C)ccc7n(-c7cc(C(C)(C)C)c(-c8ccccc8)cn7)c6c5)cc(C(C)(C)C)c4)c4ccccc43)c21. The van der Waals surface area contributed by atoms with Crippen LogP contribution in [0.5, 0.6) is 11.5 Å². The second-order valence-corrected chi connectivity index (χ2v) is 23.9. The van der Waals surface area contributed by atoms with Gasteiger partial charge in [0.1, 0.15) is 24.0 Å². The van der Waals surface area contributed by atoms with Crippen LogP contribution in [0.4, 0.5) is 22.7 Å². The predicted molar refractivity (Wildman–Crippen MR) is 317 cm³/mol. The Morgan fingerprint density at radius 3 is 1.68 bits per heavy atom. The lowest BCUT2D eigenvalue weighted by atomic mass is 9.82. The van der Waals surface area contributed by atoms with E-state index in [4.69, 9.17) is 9.72 Å². The molecule has 0 amide bonds. The third kappa shape index (κ3) is 7.41. The smallest absolute Gasteiger partial charge is 0.137 e. The highest BCUT2D eigenvalue weighted by atomic mass is 16.5. The molecule has 0 spiro atoms. The number of nitrogens with zero attached hydrogens (tertiary/aromatic N) is 6. The van der Waals surface area contributed by atoms with E-state index in [1.165, 1.54) is 82.6 Å². The zero-order valence-corrected chi connectivity index (χ0v) is 45.0.